The first kappa shape index (κ1) is 24.1. The number of carbonyl (C=O) groups is 2. The number of nitrogens with zero attached hydrogens (tertiary/aromatic N) is 1. The minimum atomic E-state index is -1.59. The summed E-state index contributed by atoms with van der Waals surface area (Å²) in [5, 5.41) is 0. The molecular weight excluding hydrogens is 442 g/mol. The molecule has 0 radical (unpaired) electrons. The van der Waals surface area contributed by atoms with E-state index in [9.17, 15) is 14.4 Å². The van der Waals surface area contributed by atoms with Crippen molar-refractivity contribution in [2.45, 2.75) is 47.5 Å². The van der Waals surface area contributed by atoms with Crippen LogP contribution in [0.1, 0.15) is 55.4 Å². The maximum absolute atomic E-state index is 13.9. The van der Waals surface area contributed by atoms with Gasteiger partial charge in [0.2, 0.25) is 0 Å². The Bertz CT molecular complexity index is 1520. The number of fused-ring (bicyclic) bond motifs is 1. The molecule has 0 N–H and O–H groups in total. The van der Waals surface area contributed by atoms with Gasteiger partial charge in [0, 0.05) is 5.56 Å². The summed E-state index contributed by atoms with van der Waals surface area (Å²) in [5.74, 6) is -2.66. The highest BCUT2D eigenvalue weighted by molar-refractivity contribution is 6.14. The number of Topliss-reactive ketones (excluding diaryl/α,β-unsaturated/α-hetero) is 1. The number of carbonyl (C=O) groups excluding carboxylic acids is 2. The van der Waals surface area contributed by atoms with Crippen molar-refractivity contribution in [3.05, 3.63) is 104 Å². The van der Waals surface area contributed by atoms with Crippen molar-refractivity contribution in [1.82, 2.24) is 4.98 Å². The largest absolute Gasteiger partial charge is 0.425 e. The number of esters is 1. The lowest BCUT2D eigenvalue weighted by Gasteiger charge is -2.18. The summed E-state index contributed by atoms with van der Waals surface area (Å²) in [5.41, 5.74) is 5.06. The second-order valence-corrected chi connectivity index (χ2v) is 8.98. The van der Waals surface area contributed by atoms with Gasteiger partial charge in [-0.3, -0.25) is 9.59 Å². The minimum Gasteiger partial charge on any atom is -0.425 e. The lowest BCUT2D eigenvalue weighted by molar-refractivity contribution is -0.135. The number of para-hydroxylation sites is 2. The van der Waals surface area contributed by atoms with Gasteiger partial charge >= 0.3 is 11.6 Å². The van der Waals surface area contributed by atoms with E-state index in [0.29, 0.717) is 16.8 Å². The van der Waals surface area contributed by atoms with Crippen LogP contribution in [0.15, 0.2) is 57.7 Å². The van der Waals surface area contributed by atoms with Gasteiger partial charge < -0.3 is 9.15 Å². The fourth-order valence-corrected chi connectivity index (χ4v) is 4.35. The van der Waals surface area contributed by atoms with E-state index in [1.54, 1.807) is 30.3 Å². The number of aromatic nitrogens is 1. The minimum absolute atomic E-state index is 0.272. The van der Waals surface area contributed by atoms with E-state index in [2.05, 4.69) is 4.98 Å². The first-order chi connectivity index (χ1) is 16.6. The van der Waals surface area contributed by atoms with Crippen LogP contribution in [-0.2, 0) is 4.79 Å². The average molecular weight is 470 g/mol. The summed E-state index contributed by atoms with van der Waals surface area (Å²) < 4.78 is 11.2. The van der Waals surface area contributed by atoms with Gasteiger partial charge in [-0.2, -0.15) is 0 Å². The Kier molecular flexibility index (Phi) is 6.39. The van der Waals surface area contributed by atoms with E-state index in [-0.39, 0.29) is 11.3 Å². The van der Waals surface area contributed by atoms with Gasteiger partial charge in [0.1, 0.15) is 17.0 Å². The Hall–Kier alpha value is -4.06. The van der Waals surface area contributed by atoms with Crippen LogP contribution in [0.3, 0.4) is 0 Å². The first-order valence-electron chi connectivity index (χ1n) is 11.4. The number of hydrogen-bond acceptors (Lipinski definition) is 6. The van der Waals surface area contributed by atoms with Crippen LogP contribution in [0.2, 0.25) is 0 Å². The SMILES string of the molecule is Cc1cc(C)c(OC(=O)C(C(=O)c2ccc(C)c(C)c2C)c2nc3ccccc3oc2=O)c(C)c1. The molecule has 1 heterocycles. The highest BCUT2D eigenvalue weighted by Gasteiger charge is 2.37. The van der Waals surface area contributed by atoms with Crippen LogP contribution in [0.4, 0.5) is 0 Å². The number of hydrogen-bond donors (Lipinski definition) is 0. The third-order valence-electron chi connectivity index (χ3n) is 6.42. The normalized spacial score (nSPS) is 11.9. The highest BCUT2D eigenvalue weighted by atomic mass is 16.5. The molecule has 4 rings (SSSR count). The molecule has 0 aliphatic rings. The summed E-state index contributed by atoms with van der Waals surface area (Å²) in [6, 6.07) is 14.0. The molecule has 0 aliphatic heterocycles. The molecule has 0 spiro atoms. The Labute approximate surface area is 203 Å². The van der Waals surface area contributed by atoms with Crippen molar-refractivity contribution in [2.24, 2.45) is 0 Å². The quantitative estimate of drug-likeness (QED) is 0.163. The van der Waals surface area contributed by atoms with Crippen molar-refractivity contribution in [2.75, 3.05) is 0 Å². The molecule has 4 aromatic rings. The molecule has 0 fully saturated rings. The Morgan fingerprint density at radius 1 is 0.857 bits per heavy atom. The van der Waals surface area contributed by atoms with Crippen molar-refractivity contribution in [3.8, 4) is 5.75 Å². The molecule has 0 aliphatic carbocycles. The standard InChI is InChI=1S/C29H27NO5/c1-15-13-17(3)27(18(4)14-15)35-28(32)24(26(31)21-12-11-16(2)19(5)20(21)6)25-29(33)34-23-10-8-7-9-22(23)30-25/h7-14,24H,1-6H3. The Morgan fingerprint density at radius 3 is 2.20 bits per heavy atom. The predicted molar refractivity (Wildman–Crippen MR) is 134 cm³/mol. The second-order valence-electron chi connectivity index (χ2n) is 8.98. The molecular formula is C29H27NO5. The van der Waals surface area contributed by atoms with Crippen molar-refractivity contribution < 1.29 is 18.7 Å². The summed E-state index contributed by atoms with van der Waals surface area (Å²) in [4.78, 5) is 44.8. The zero-order chi connectivity index (χ0) is 25.4. The lowest BCUT2D eigenvalue weighted by Crippen LogP contribution is -2.32. The van der Waals surface area contributed by atoms with E-state index in [1.165, 1.54) is 0 Å². The van der Waals surface area contributed by atoms with Crippen molar-refractivity contribution >= 4 is 22.9 Å². The molecule has 178 valence electrons. The third-order valence-corrected chi connectivity index (χ3v) is 6.42. The van der Waals surface area contributed by atoms with Crippen LogP contribution in [-0.4, -0.2) is 16.7 Å². The van der Waals surface area contributed by atoms with Gasteiger partial charge in [-0.1, -0.05) is 42.0 Å². The van der Waals surface area contributed by atoms with Gasteiger partial charge in [-0.15, -0.1) is 0 Å². The van der Waals surface area contributed by atoms with Crippen molar-refractivity contribution in [3.63, 3.8) is 0 Å². The predicted octanol–water partition coefficient (Wildman–Crippen LogP) is 5.61. The van der Waals surface area contributed by atoms with Gasteiger partial charge in [0.15, 0.2) is 17.3 Å². The van der Waals surface area contributed by atoms with Gasteiger partial charge in [0.05, 0.1) is 0 Å². The molecule has 0 saturated carbocycles. The van der Waals surface area contributed by atoms with Crippen LogP contribution in [0.5, 0.6) is 5.75 Å². The highest BCUT2D eigenvalue weighted by Crippen LogP contribution is 2.29. The van der Waals surface area contributed by atoms with Gasteiger partial charge in [-0.05, 0) is 81.5 Å². The molecule has 0 amide bonds. The smallest absolute Gasteiger partial charge is 0.359 e. The number of aryl methyl sites for hydroxylation is 4. The molecule has 1 atom stereocenters. The van der Waals surface area contributed by atoms with Gasteiger partial charge in [-0.25, -0.2) is 9.78 Å². The van der Waals surface area contributed by atoms with Crippen LogP contribution in [0.25, 0.3) is 11.1 Å². The summed E-state index contributed by atoms with van der Waals surface area (Å²) >= 11 is 0. The average Bonchev–Trinajstić information content (AvgIpc) is 2.80. The van der Waals surface area contributed by atoms with Crippen molar-refractivity contribution in [1.29, 1.82) is 0 Å². The molecule has 0 saturated heterocycles. The zero-order valence-corrected chi connectivity index (χ0v) is 20.7. The number of benzene rings is 3. The van der Waals surface area contributed by atoms with Crippen LogP contribution < -0.4 is 10.4 Å². The molecule has 6 heteroatoms. The molecule has 0 bridgehead atoms. The van der Waals surface area contributed by atoms with E-state index in [1.807, 2.05) is 59.7 Å². The third kappa shape index (κ3) is 4.52. The molecule has 1 aromatic heterocycles. The monoisotopic (exact) mass is 469 g/mol. The molecule has 1 unspecified atom stereocenters. The molecule has 35 heavy (non-hydrogen) atoms. The summed E-state index contributed by atoms with van der Waals surface area (Å²) in [7, 11) is 0. The Balaban J connectivity index is 1.88. The second kappa shape index (κ2) is 9.29. The van der Waals surface area contributed by atoms with E-state index < -0.39 is 23.3 Å². The fourth-order valence-electron chi connectivity index (χ4n) is 4.35. The Morgan fingerprint density at radius 2 is 1.51 bits per heavy atom. The number of ketones is 1. The van der Waals surface area contributed by atoms with Crippen LogP contribution >= 0.6 is 0 Å². The van der Waals surface area contributed by atoms with Gasteiger partial charge in [0.25, 0.3) is 0 Å². The zero-order valence-electron chi connectivity index (χ0n) is 20.7. The van der Waals surface area contributed by atoms with Crippen LogP contribution in [0, 0.1) is 41.5 Å². The first-order valence-corrected chi connectivity index (χ1v) is 11.4. The summed E-state index contributed by atoms with van der Waals surface area (Å²) in [6.45, 7) is 11.3. The van der Waals surface area contributed by atoms with E-state index in [0.717, 1.165) is 33.4 Å². The molecule has 6 nitrogen and oxygen atoms in total. The topological polar surface area (TPSA) is 86.5 Å². The lowest BCUT2D eigenvalue weighted by atomic mass is 9.89. The van der Waals surface area contributed by atoms with E-state index >= 15 is 0 Å². The summed E-state index contributed by atoms with van der Waals surface area (Å²) in [6.07, 6.45) is 0. The fraction of sp³-hybridized carbons (Fsp3) is 0.241. The maximum Gasteiger partial charge on any atom is 0.359 e. The maximum atomic E-state index is 13.9. The number of ether oxygens (including phenoxy) is 1. The molecule has 3 aromatic carbocycles. The van der Waals surface area contributed by atoms with E-state index in [4.69, 9.17) is 9.15 Å². The number of rotatable bonds is 5.